The monoisotopic (exact) mass is 353 g/mol. The van der Waals surface area contributed by atoms with Gasteiger partial charge in [-0.3, -0.25) is 4.79 Å². The van der Waals surface area contributed by atoms with Crippen molar-refractivity contribution in [1.82, 2.24) is 4.90 Å². The van der Waals surface area contributed by atoms with Crippen molar-refractivity contribution in [3.05, 3.63) is 65.7 Å². The molecule has 0 N–H and O–H groups in total. The third-order valence-electron chi connectivity index (χ3n) is 4.67. The Labute approximate surface area is 155 Å². The number of hydrogen-bond acceptors (Lipinski definition) is 3. The quantitative estimate of drug-likeness (QED) is 0.795. The van der Waals surface area contributed by atoms with Gasteiger partial charge in [-0.05, 0) is 29.2 Å². The fourth-order valence-electron chi connectivity index (χ4n) is 3.07. The van der Waals surface area contributed by atoms with Gasteiger partial charge in [0, 0.05) is 6.54 Å². The molecular weight excluding hydrogens is 326 g/mol. The molecule has 2 aromatic rings. The van der Waals surface area contributed by atoms with E-state index < -0.39 is 0 Å². The molecule has 1 amide bonds. The number of hydrogen-bond donors (Lipinski definition) is 0. The maximum atomic E-state index is 12.5. The lowest BCUT2D eigenvalue weighted by Gasteiger charge is -2.33. The van der Waals surface area contributed by atoms with E-state index in [0.29, 0.717) is 38.6 Å². The normalized spacial score (nSPS) is 17.3. The van der Waals surface area contributed by atoms with E-state index in [4.69, 9.17) is 9.47 Å². The fraction of sp³-hybridized carbons (Fsp3) is 0.409. The zero-order valence-corrected chi connectivity index (χ0v) is 15.6. The van der Waals surface area contributed by atoms with Crippen LogP contribution in [0.2, 0.25) is 0 Å². The highest BCUT2D eigenvalue weighted by molar-refractivity contribution is 5.78. The standard InChI is InChI=1S/C22H27NO3/c1-17(2)19-8-10-20(11-9-19)26-16-21-15-23(12-13-25-21)22(24)14-18-6-4-3-5-7-18/h3-11,17,21H,12-16H2,1-2H3/t21-/m0/s1. The zero-order valence-electron chi connectivity index (χ0n) is 15.6. The van der Waals surface area contributed by atoms with Gasteiger partial charge in [-0.25, -0.2) is 0 Å². The Kier molecular flexibility index (Phi) is 6.29. The highest BCUT2D eigenvalue weighted by atomic mass is 16.5. The molecule has 3 rings (SSSR count). The van der Waals surface area contributed by atoms with E-state index in [1.165, 1.54) is 5.56 Å². The number of amides is 1. The summed E-state index contributed by atoms with van der Waals surface area (Å²) in [5.41, 5.74) is 2.34. The largest absolute Gasteiger partial charge is 0.491 e. The summed E-state index contributed by atoms with van der Waals surface area (Å²) in [6, 6.07) is 18.0. The SMILES string of the molecule is CC(C)c1ccc(OC[C@@H]2CN(C(=O)Cc3ccccc3)CCO2)cc1. The van der Waals surface area contributed by atoms with Crippen LogP contribution in [0.15, 0.2) is 54.6 Å². The lowest BCUT2D eigenvalue weighted by atomic mass is 10.0. The summed E-state index contributed by atoms with van der Waals surface area (Å²) in [4.78, 5) is 14.4. The van der Waals surface area contributed by atoms with Gasteiger partial charge in [0.25, 0.3) is 0 Å². The Morgan fingerprint density at radius 1 is 1.15 bits per heavy atom. The second-order valence-corrected chi connectivity index (χ2v) is 7.03. The molecule has 4 heteroatoms. The molecule has 0 spiro atoms. The van der Waals surface area contributed by atoms with E-state index in [2.05, 4.69) is 26.0 Å². The van der Waals surface area contributed by atoms with Crippen LogP contribution in [0.4, 0.5) is 0 Å². The third-order valence-corrected chi connectivity index (χ3v) is 4.67. The maximum Gasteiger partial charge on any atom is 0.227 e. The number of ether oxygens (including phenoxy) is 2. The molecule has 0 aromatic heterocycles. The topological polar surface area (TPSA) is 38.8 Å². The van der Waals surface area contributed by atoms with Crippen LogP contribution in [0.1, 0.15) is 30.9 Å². The first-order valence-corrected chi connectivity index (χ1v) is 9.28. The predicted octanol–water partition coefficient (Wildman–Crippen LogP) is 3.66. The first-order valence-electron chi connectivity index (χ1n) is 9.28. The molecule has 0 bridgehead atoms. The summed E-state index contributed by atoms with van der Waals surface area (Å²) >= 11 is 0. The minimum absolute atomic E-state index is 0.0896. The summed E-state index contributed by atoms with van der Waals surface area (Å²) in [6.07, 6.45) is 0.346. The minimum Gasteiger partial charge on any atom is -0.491 e. The molecule has 0 unspecified atom stereocenters. The summed E-state index contributed by atoms with van der Waals surface area (Å²) in [5, 5.41) is 0. The molecule has 2 aromatic carbocycles. The van der Waals surface area contributed by atoms with E-state index in [0.717, 1.165) is 11.3 Å². The number of nitrogens with zero attached hydrogens (tertiary/aromatic N) is 1. The van der Waals surface area contributed by atoms with Gasteiger partial charge in [0.15, 0.2) is 0 Å². The molecule has 1 aliphatic rings. The van der Waals surface area contributed by atoms with Crippen molar-refractivity contribution in [3.8, 4) is 5.75 Å². The van der Waals surface area contributed by atoms with E-state index in [1.807, 2.05) is 47.4 Å². The molecule has 1 fully saturated rings. The average molecular weight is 353 g/mol. The first-order chi connectivity index (χ1) is 12.6. The molecule has 0 radical (unpaired) electrons. The minimum atomic E-state index is -0.0896. The van der Waals surface area contributed by atoms with E-state index in [1.54, 1.807) is 0 Å². The van der Waals surface area contributed by atoms with Crippen molar-refractivity contribution in [2.45, 2.75) is 32.3 Å². The van der Waals surface area contributed by atoms with E-state index >= 15 is 0 Å². The Morgan fingerprint density at radius 3 is 2.58 bits per heavy atom. The van der Waals surface area contributed by atoms with Crippen molar-refractivity contribution in [2.24, 2.45) is 0 Å². The van der Waals surface area contributed by atoms with Gasteiger partial charge in [0.2, 0.25) is 5.91 Å². The highest BCUT2D eigenvalue weighted by Crippen LogP contribution is 2.19. The molecule has 1 aliphatic heterocycles. The van der Waals surface area contributed by atoms with Gasteiger partial charge in [-0.1, -0.05) is 56.3 Å². The smallest absolute Gasteiger partial charge is 0.227 e. The van der Waals surface area contributed by atoms with Crippen LogP contribution in [0, 0.1) is 0 Å². The van der Waals surface area contributed by atoms with Gasteiger partial charge in [-0.2, -0.15) is 0 Å². The van der Waals surface area contributed by atoms with Crippen molar-refractivity contribution < 1.29 is 14.3 Å². The van der Waals surface area contributed by atoms with Crippen molar-refractivity contribution in [3.63, 3.8) is 0 Å². The van der Waals surface area contributed by atoms with Crippen molar-refractivity contribution in [1.29, 1.82) is 0 Å². The van der Waals surface area contributed by atoms with E-state index in [9.17, 15) is 4.79 Å². The Morgan fingerprint density at radius 2 is 1.88 bits per heavy atom. The van der Waals surface area contributed by atoms with E-state index in [-0.39, 0.29) is 12.0 Å². The van der Waals surface area contributed by atoms with Crippen LogP contribution in [0.5, 0.6) is 5.75 Å². The molecule has 1 saturated heterocycles. The molecular formula is C22H27NO3. The molecule has 1 heterocycles. The zero-order chi connectivity index (χ0) is 18.4. The summed E-state index contributed by atoms with van der Waals surface area (Å²) in [7, 11) is 0. The number of benzene rings is 2. The second-order valence-electron chi connectivity index (χ2n) is 7.03. The molecule has 0 saturated carbocycles. The van der Waals surface area contributed by atoms with Crippen LogP contribution >= 0.6 is 0 Å². The molecule has 0 aliphatic carbocycles. The van der Waals surface area contributed by atoms with Crippen LogP contribution in [0.25, 0.3) is 0 Å². The average Bonchev–Trinajstić information content (AvgIpc) is 2.67. The maximum absolute atomic E-state index is 12.5. The first kappa shape index (κ1) is 18.5. The van der Waals surface area contributed by atoms with Gasteiger partial charge in [0.1, 0.15) is 18.5 Å². The Hall–Kier alpha value is -2.33. The Balaban J connectivity index is 1.49. The summed E-state index contributed by atoms with van der Waals surface area (Å²) < 4.78 is 11.6. The number of carbonyl (C=O) groups is 1. The van der Waals surface area contributed by atoms with Crippen LogP contribution in [-0.4, -0.2) is 43.2 Å². The summed E-state index contributed by atoms with van der Waals surface area (Å²) in [5.74, 6) is 1.49. The van der Waals surface area contributed by atoms with Gasteiger partial charge in [-0.15, -0.1) is 0 Å². The second kappa shape index (κ2) is 8.86. The van der Waals surface area contributed by atoms with Crippen molar-refractivity contribution >= 4 is 5.91 Å². The number of rotatable bonds is 6. The third kappa shape index (κ3) is 5.09. The molecule has 1 atom stereocenters. The highest BCUT2D eigenvalue weighted by Gasteiger charge is 2.24. The fourth-order valence-corrected chi connectivity index (χ4v) is 3.07. The van der Waals surface area contributed by atoms with Crippen LogP contribution in [0.3, 0.4) is 0 Å². The molecule has 26 heavy (non-hydrogen) atoms. The summed E-state index contributed by atoms with van der Waals surface area (Å²) in [6.45, 7) is 6.58. The van der Waals surface area contributed by atoms with Gasteiger partial charge < -0.3 is 14.4 Å². The lowest BCUT2D eigenvalue weighted by molar-refractivity contribution is -0.139. The van der Waals surface area contributed by atoms with Gasteiger partial charge >= 0.3 is 0 Å². The lowest BCUT2D eigenvalue weighted by Crippen LogP contribution is -2.48. The van der Waals surface area contributed by atoms with Gasteiger partial charge in [0.05, 0.1) is 19.6 Å². The Bertz CT molecular complexity index is 697. The molecule has 138 valence electrons. The van der Waals surface area contributed by atoms with Crippen LogP contribution < -0.4 is 4.74 Å². The molecule has 4 nitrogen and oxygen atoms in total. The predicted molar refractivity (Wildman–Crippen MR) is 102 cm³/mol. The number of carbonyl (C=O) groups excluding carboxylic acids is 1. The number of morpholine rings is 1. The van der Waals surface area contributed by atoms with Crippen molar-refractivity contribution in [2.75, 3.05) is 26.3 Å². The van der Waals surface area contributed by atoms with Crippen LogP contribution in [-0.2, 0) is 16.0 Å².